The van der Waals surface area contributed by atoms with Gasteiger partial charge in [-0.25, -0.2) is 4.98 Å². The summed E-state index contributed by atoms with van der Waals surface area (Å²) >= 11 is 0. The highest BCUT2D eigenvalue weighted by Crippen LogP contribution is 2.28. The van der Waals surface area contributed by atoms with Crippen LogP contribution in [0.15, 0.2) is 30.5 Å². The monoisotopic (exact) mass is 367 g/mol. The van der Waals surface area contributed by atoms with Gasteiger partial charge < -0.3 is 9.80 Å². The third-order valence-electron chi connectivity index (χ3n) is 4.18. The Labute approximate surface area is 144 Å². The van der Waals surface area contributed by atoms with E-state index in [-0.39, 0.29) is 5.65 Å². The van der Waals surface area contributed by atoms with Crippen LogP contribution < -0.4 is 9.80 Å². The first-order chi connectivity index (χ1) is 12.4. The van der Waals surface area contributed by atoms with Crippen LogP contribution in [0, 0.1) is 5.95 Å². The minimum absolute atomic E-state index is 0.0342. The van der Waals surface area contributed by atoms with Gasteiger partial charge >= 0.3 is 6.18 Å². The zero-order chi connectivity index (χ0) is 18.3. The van der Waals surface area contributed by atoms with Crippen molar-refractivity contribution < 1.29 is 17.6 Å². The van der Waals surface area contributed by atoms with E-state index in [2.05, 4.69) is 20.3 Å². The lowest BCUT2D eigenvalue weighted by atomic mass is 10.2. The lowest BCUT2D eigenvalue weighted by Crippen LogP contribution is -2.47. The fourth-order valence-corrected chi connectivity index (χ4v) is 2.91. The first-order valence-electron chi connectivity index (χ1n) is 7.83. The average Bonchev–Trinajstić information content (AvgIpc) is 3.05. The summed E-state index contributed by atoms with van der Waals surface area (Å²) in [5, 5.41) is 10.7. The quantitative estimate of drug-likeness (QED) is 0.510. The van der Waals surface area contributed by atoms with E-state index in [0.717, 1.165) is 5.69 Å². The second kappa shape index (κ2) is 6.07. The Balaban J connectivity index is 1.54. The van der Waals surface area contributed by atoms with E-state index in [0.29, 0.717) is 36.5 Å². The van der Waals surface area contributed by atoms with Gasteiger partial charge in [-0.2, -0.15) is 22.1 Å². The van der Waals surface area contributed by atoms with Crippen LogP contribution in [0.4, 0.5) is 29.1 Å². The Hall–Kier alpha value is -2.98. The van der Waals surface area contributed by atoms with Crippen LogP contribution in [0.3, 0.4) is 0 Å². The van der Waals surface area contributed by atoms with Crippen molar-refractivity contribution in [3.63, 3.8) is 0 Å². The number of nitrogens with zero attached hydrogens (tertiary/aromatic N) is 7. The molecule has 0 amide bonds. The van der Waals surface area contributed by atoms with E-state index in [1.165, 1.54) is 18.3 Å². The molecule has 1 aliphatic rings. The predicted molar refractivity (Wildman–Crippen MR) is 84.4 cm³/mol. The van der Waals surface area contributed by atoms with Crippen LogP contribution in [-0.4, -0.2) is 51.0 Å². The van der Waals surface area contributed by atoms with Crippen molar-refractivity contribution in [3.8, 4) is 0 Å². The van der Waals surface area contributed by atoms with E-state index < -0.39 is 17.9 Å². The third kappa shape index (κ3) is 3.00. The minimum Gasteiger partial charge on any atom is -0.368 e. The van der Waals surface area contributed by atoms with Crippen molar-refractivity contribution in [2.75, 3.05) is 36.0 Å². The zero-order valence-corrected chi connectivity index (χ0v) is 13.4. The molecule has 0 aromatic carbocycles. The molecule has 1 saturated heterocycles. The fourth-order valence-electron chi connectivity index (χ4n) is 2.91. The normalized spacial score (nSPS) is 15.7. The van der Waals surface area contributed by atoms with E-state index in [4.69, 9.17) is 0 Å². The minimum atomic E-state index is -4.63. The van der Waals surface area contributed by atoms with Crippen molar-refractivity contribution in [1.82, 2.24) is 24.8 Å². The molecule has 26 heavy (non-hydrogen) atoms. The summed E-state index contributed by atoms with van der Waals surface area (Å²) in [7, 11) is 0. The highest BCUT2D eigenvalue weighted by Gasteiger charge is 2.37. The maximum atomic E-state index is 13.3. The maximum Gasteiger partial charge on any atom is 0.453 e. The van der Waals surface area contributed by atoms with Gasteiger partial charge in [0.15, 0.2) is 5.65 Å². The summed E-state index contributed by atoms with van der Waals surface area (Å²) in [5.41, 5.74) is 0.755. The Kier molecular flexibility index (Phi) is 3.85. The molecule has 0 aliphatic carbocycles. The van der Waals surface area contributed by atoms with Gasteiger partial charge in [-0.1, -0.05) is 0 Å². The topological polar surface area (TPSA) is 62.5 Å². The van der Waals surface area contributed by atoms with Crippen LogP contribution >= 0.6 is 0 Å². The molecular weight excluding hydrogens is 354 g/mol. The summed E-state index contributed by atoms with van der Waals surface area (Å²) in [5.74, 6) is -1.30. The average molecular weight is 367 g/mol. The summed E-state index contributed by atoms with van der Waals surface area (Å²) < 4.78 is 52.9. The lowest BCUT2D eigenvalue weighted by molar-refractivity contribution is -0.146. The van der Waals surface area contributed by atoms with Crippen molar-refractivity contribution in [2.45, 2.75) is 6.18 Å². The third-order valence-corrected chi connectivity index (χ3v) is 4.18. The molecule has 7 nitrogen and oxygen atoms in total. The molecule has 0 spiro atoms. The number of halogens is 4. The van der Waals surface area contributed by atoms with Gasteiger partial charge in [0.2, 0.25) is 5.95 Å². The molecular formula is C15H13F4N7. The van der Waals surface area contributed by atoms with Crippen molar-refractivity contribution in [3.05, 3.63) is 42.2 Å². The van der Waals surface area contributed by atoms with Gasteiger partial charge in [-0.05, 0) is 18.2 Å². The molecule has 4 rings (SSSR count). The zero-order valence-electron chi connectivity index (χ0n) is 13.4. The molecule has 136 valence electrons. The highest BCUT2D eigenvalue weighted by atomic mass is 19.4. The number of piperazine rings is 1. The number of fused-ring (bicyclic) bond motifs is 1. The Morgan fingerprint density at radius 1 is 0.923 bits per heavy atom. The van der Waals surface area contributed by atoms with Gasteiger partial charge in [0.25, 0.3) is 5.82 Å². The Morgan fingerprint density at radius 2 is 1.65 bits per heavy atom. The van der Waals surface area contributed by atoms with E-state index in [1.54, 1.807) is 12.1 Å². The second-order valence-corrected chi connectivity index (χ2v) is 5.79. The first-order valence-corrected chi connectivity index (χ1v) is 7.83. The molecule has 0 bridgehead atoms. The molecule has 11 heteroatoms. The molecule has 0 atom stereocenters. The van der Waals surface area contributed by atoms with Crippen molar-refractivity contribution in [1.29, 1.82) is 0 Å². The van der Waals surface area contributed by atoms with E-state index in [9.17, 15) is 17.6 Å². The molecule has 0 radical (unpaired) electrons. The van der Waals surface area contributed by atoms with Crippen LogP contribution in [0.5, 0.6) is 0 Å². The highest BCUT2D eigenvalue weighted by molar-refractivity contribution is 5.50. The standard InChI is InChI=1S/C15H13F4N7/c16-11-9-10(3-4-20-11)24-5-7-25(8-6-24)13-2-1-12-21-22-14(15(17,18)19)26(12)23-13/h1-4,9H,5-8H2. The van der Waals surface area contributed by atoms with Gasteiger partial charge in [0.05, 0.1) is 0 Å². The van der Waals surface area contributed by atoms with E-state index >= 15 is 0 Å². The number of hydrogen-bond acceptors (Lipinski definition) is 6. The van der Waals surface area contributed by atoms with Crippen molar-refractivity contribution >= 4 is 17.2 Å². The number of hydrogen-bond donors (Lipinski definition) is 0. The molecule has 3 aromatic heterocycles. The lowest BCUT2D eigenvalue weighted by Gasteiger charge is -2.36. The van der Waals surface area contributed by atoms with E-state index in [1.807, 2.05) is 9.80 Å². The van der Waals surface area contributed by atoms with Gasteiger partial charge in [0.1, 0.15) is 5.82 Å². The van der Waals surface area contributed by atoms with Crippen molar-refractivity contribution in [2.24, 2.45) is 0 Å². The first kappa shape index (κ1) is 16.5. The predicted octanol–water partition coefficient (Wildman–Crippen LogP) is 2.00. The molecule has 0 N–H and O–H groups in total. The molecule has 4 heterocycles. The van der Waals surface area contributed by atoms with Gasteiger partial charge in [0, 0.05) is 44.1 Å². The molecule has 1 aliphatic heterocycles. The Bertz CT molecular complexity index is 931. The molecule has 0 unspecified atom stereocenters. The largest absolute Gasteiger partial charge is 0.453 e. The smallest absolute Gasteiger partial charge is 0.368 e. The number of pyridine rings is 1. The van der Waals surface area contributed by atoms with Crippen LogP contribution in [0.1, 0.15) is 5.82 Å². The second-order valence-electron chi connectivity index (χ2n) is 5.79. The maximum absolute atomic E-state index is 13.3. The van der Waals surface area contributed by atoms with Gasteiger partial charge in [-0.3, -0.25) is 0 Å². The summed E-state index contributed by atoms with van der Waals surface area (Å²) in [6, 6.07) is 6.14. The Morgan fingerprint density at radius 3 is 2.35 bits per heavy atom. The summed E-state index contributed by atoms with van der Waals surface area (Å²) in [6.45, 7) is 2.23. The van der Waals surface area contributed by atoms with Gasteiger partial charge in [-0.15, -0.1) is 15.3 Å². The van der Waals surface area contributed by atoms with Crippen LogP contribution in [-0.2, 0) is 6.18 Å². The molecule has 3 aromatic rings. The number of alkyl halides is 3. The summed E-state index contributed by atoms with van der Waals surface area (Å²) in [6.07, 6.45) is -3.23. The summed E-state index contributed by atoms with van der Waals surface area (Å²) in [4.78, 5) is 7.38. The molecule has 0 saturated carbocycles. The number of rotatable bonds is 2. The number of anilines is 2. The SMILES string of the molecule is Fc1cc(N2CCN(c3ccc4nnc(C(F)(F)F)n4n3)CC2)ccn1. The van der Waals surface area contributed by atoms with Crippen LogP contribution in [0.2, 0.25) is 0 Å². The fraction of sp³-hybridized carbons (Fsp3) is 0.333. The molecule has 1 fully saturated rings. The number of aromatic nitrogens is 5. The van der Waals surface area contributed by atoms with Crippen LogP contribution in [0.25, 0.3) is 5.65 Å².